The number of benzene rings is 8. The lowest BCUT2D eigenvalue weighted by molar-refractivity contribution is -0.384. The van der Waals surface area contributed by atoms with Crippen LogP contribution in [-0.4, -0.2) is 193 Å². The maximum atomic E-state index is 12.4. The summed E-state index contributed by atoms with van der Waals surface area (Å²) in [6, 6.07) is 59.2. The number of hydrogen-bond acceptors (Lipinski definition) is 17. The summed E-state index contributed by atoms with van der Waals surface area (Å²) in [6.45, 7) is 13.0. The van der Waals surface area contributed by atoms with E-state index >= 15 is 0 Å². The molecule has 8 N–H and O–H groups in total. The molecule has 135 heavy (non-hydrogen) atoms. The third-order valence-electron chi connectivity index (χ3n) is 25.2. The van der Waals surface area contributed by atoms with Crippen LogP contribution in [0.3, 0.4) is 0 Å². The van der Waals surface area contributed by atoms with Crippen LogP contribution in [0.5, 0.6) is 5.88 Å². The van der Waals surface area contributed by atoms with Crippen LogP contribution >= 0.6 is 11.6 Å². The van der Waals surface area contributed by atoms with Gasteiger partial charge in [-0.2, -0.15) is 39.5 Å². The van der Waals surface area contributed by atoms with Gasteiger partial charge in [-0.1, -0.05) is 60.1 Å². The molecular weight excluding hydrogens is 1770 g/mol. The van der Waals surface area contributed by atoms with E-state index in [1.807, 2.05) is 73.8 Å². The van der Waals surface area contributed by atoms with E-state index in [0.717, 1.165) is 211 Å². The normalized spacial score (nSPS) is 15.8. The fraction of sp³-hybridized carbons (Fsp3) is 0.359. The van der Waals surface area contributed by atoms with Gasteiger partial charge in [-0.05, 0) is 379 Å². The molecule has 22 nitrogen and oxygen atoms in total. The number of nitro benzene ring substituents is 1. The Bertz CT molecular complexity index is 6310. The number of carbonyl (C=O) groups excluding carboxylic acids is 3. The van der Waals surface area contributed by atoms with Crippen molar-refractivity contribution in [1.29, 1.82) is 0 Å². The molecule has 0 fully saturated rings. The maximum absolute atomic E-state index is 12.4. The van der Waals surface area contributed by atoms with Crippen LogP contribution in [-0.2, 0) is 117 Å². The summed E-state index contributed by atoms with van der Waals surface area (Å²) in [5, 5.41) is 34.4. The quantitative estimate of drug-likeness (QED) is 0.0278. The molecule has 8 aliphatic rings. The second-order valence-corrected chi connectivity index (χ2v) is 34.7. The van der Waals surface area contributed by atoms with Crippen molar-refractivity contribution in [1.82, 2.24) is 66.2 Å². The van der Waals surface area contributed by atoms with Gasteiger partial charge >= 0.3 is 36.3 Å². The number of nitrogen functional groups attached to an aromatic ring is 1. The molecule has 13 aromatic rings. The number of methoxy groups -OCH3 is 1. The number of nitrogens with two attached hydrogens (primary N) is 1. The van der Waals surface area contributed by atoms with Gasteiger partial charge in [0, 0.05) is 108 Å². The van der Waals surface area contributed by atoms with E-state index in [4.69, 9.17) is 22.1 Å². The Hall–Kier alpha value is -12.5. The molecule has 8 aromatic carbocycles. The standard InChI is InChI=1S/C14H16N2O.C14H16N2.C13H13ClN2.C13H14N2O.C13H14N2.C12H11F3N2O3.C12H13F3N2O.C12H12F3NO/c1-17-14-3-2-12-8-10-4-6-15-7-5-11(10)9-13(12)16-14;1-10-2-3-13-8-11-4-6-15-7-5-12(11)9-14(13)16-10;14-13-2-1-11-7-9-3-5-15-6-4-10(9)8-12(11)16-13;16-13-2-1-11-7-9-3-5-14-6-4-10(9)8-12(11)15-13;1-2-12-8-10-3-6-14-7-4-11(10)9-13(12)15-5-1;13-12(14,15)11(18)16-5-3-8-1-2-10(17(19)20)7-9(8)4-6-16;13-12(14,15)11(18)17-5-3-8-1-2-10(16)7-9(8)4-6-17;13-12(14,15)11(17)16-7-5-9-3-1-2-4-10(9)6-8-16/h2-3,8-9,15H,4-7H2,1H3;2-3,8-9,15H,4-7H2,1H3;1-2,7-8,15H,3-6H2;1-2,7-8,14H,3-6H2,(H,15,16);1-2,5,8-9,14H,3-4,6-7H2;1-2,7H,3-6H2;1-2,7H,3-6,16H2;1-4H,5-8H2. The Morgan fingerprint density at radius 1 is 0.378 bits per heavy atom. The molecule has 0 saturated heterocycles. The number of halogens is 10. The van der Waals surface area contributed by atoms with Crippen molar-refractivity contribution in [3.8, 4) is 5.88 Å². The molecule has 0 radical (unpaired) electrons. The van der Waals surface area contributed by atoms with E-state index in [9.17, 15) is 68.8 Å². The summed E-state index contributed by atoms with van der Waals surface area (Å²) in [5.41, 5.74) is 32.2. The van der Waals surface area contributed by atoms with Gasteiger partial charge in [-0.3, -0.25) is 39.3 Å². The molecule has 0 bridgehead atoms. The summed E-state index contributed by atoms with van der Waals surface area (Å²) < 4.78 is 116. The fourth-order valence-corrected chi connectivity index (χ4v) is 18.2. The Kier molecular flexibility index (Phi) is 33.3. The minimum absolute atomic E-state index is 0.0285. The first-order valence-electron chi connectivity index (χ1n) is 45.7. The molecule has 0 aliphatic carbocycles. The molecule has 8 aliphatic heterocycles. The number of nitrogens with zero attached hydrogens (tertiary/aromatic N) is 8. The van der Waals surface area contributed by atoms with Crippen molar-refractivity contribution in [2.24, 2.45) is 0 Å². The Morgan fingerprint density at radius 3 is 1.15 bits per heavy atom. The number of aromatic amines is 1. The first-order valence-corrected chi connectivity index (χ1v) is 46.1. The van der Waals surface area contributed by atoms with Gasteiger partial charge in [0.25, 0.3) is 5.69 Å². The van der Waals surface area contributed by atoms with Crippen LogP contribution in [0.15, 0.2) is 193 Å². The van der Waals surface area contributed by atoms with Crippen molar-refractivity contribution < 1.29 is 63.6 Å². The van der Waals surface area contributed by atoms with Crippen LogP contribution in [0.25, 0.3) is 54.5 Å². The highest BCUT2D eigenvalue weighted by atomic mass is 35.5. The molecule has 0 spiro atoms. The number of ether oxygens (including phenoxy) is 1. The molecule has 708 valence electrons. The van der Waals surface area contributed by atoms with E-state index in [0.29, 0.717) is 48.0 Å². The number of hydrogen-bond donors (Lipinski definition) is 7. The van der Waals surface area contributed by atoms with Crippen LogP contribution in [0, 0.1) is 17.0 Å². The molecule has 32 heteroatoms. The van der Waals surface area contributed by atoms with Crippen molar-refractivity contribution in [3.63, 3.8) is 0 Å². The number of carbonyl (C=O) groups is 3. The number of fused-ring (bicyclic) bond motifs is 13. The monoisotopic (exact) mass is 1870 g/mol. The lowest BCUT2D eigenvalue weighted by Gasteiger charge is -2.21. The van der Waals surface area contributed by atoms with E-state index in [2.05, 4.69) is 136 Å². The van der Waals surface area contributed by atoms with Gasteiger partial charge in [0.2, 0.25) is 11.4 Å². The number of H-pyrrole nitrogens is 1. The predicted molar refractivity (Wildman–Crippen MR) is 510 cm³/mol. The summed E-state index contributed by atoms with van der Waals surface area (Å²) in [6.07, 6.45) is 0.686. The predicted octanol–water partition coefficient (Wildman–Crippen LogP) is 15.9. The molecule has 13 heterocycles. The number of aromatic nitrogens is 5. The number of amides is 3. The number of aryl methyl sites for hydroxylation is 1. The SMILES string of the molecule is COc1ccc2cc3c(cc2n1)CCNCC3.Cc1ccc2cc3c(cc2n1)CCNCC3.Clc1ccc2cc3c(cc2n1)CCNCC3.Nc1ccc2c(c1)CCN(C(=O)C(F)(F)F)CC2.O=C(N1CCc2ccc([N+](=O)[O-])cc2CC1)C(F)(F)F.O=C(N1CCc2ccccc2CC1)C(F)(F)F.O=c1ccc2cc3c(cc2[nH]1)CCNCC3.c1cnc2cc3c(cc2c1)CCNCC3. The fourth-order valence-electron chi connectivity index (χ4n) is 18.0. The average molecular weight is 1880 g/mol. The van der Waals surface area contributed by atoms with Gasteiger partial charge in [-0.25, -0.2) is 9.97 Å². The van der Waals surface area contributed by atoms with Crippen LogP contribution < -0.4 is 42.6 Å². The molecule has 3 amide bonds. The highest BCUT2D eigenvalue weighted by molar-refractivity contribution is 6.29. The minimum atomic E-state index is -4.89. The second-order valence-electron chi connectivity index (χ2n) is 34.4. The number of non-ortho nitro benzene ring substituents is 1. The van der Waals surface area contributed by atoms with Crippen LogP contribution in [0.1, 0.15) is 94.7 Å². The number of nitrogens with one attached hydrogen (secondary N) is 6. The van der Waals surface area contributed by atoms with Gasteiger partial charge in [0.15, 0.2) is 0 Å². The van der Waals surface area contributed by atoms with Gasteiger partial charge in [-0.15, -0.1) is 0 Å². The Labute approximate surface area is 781 Å². The van der Waals surface area contributed by atoms with Crippen LogP contribution in [0.4, 0.5) is 50.9 Å². The van der Waals surface area contributed by atoms with Gasteiger partial charge < -0.3 is 56.7 Å². The smallest absolute Gasteiger partial charge is 0.471 e. The molecule has 0 saturated carbocycles. The molecule has 0 unspecified atom stereocenters. The average Bonchev–Trinajstić information content (AvgIpc) is 1.56. The summed E-state index contributed by atoms with van der Waals surface area (Å²) in [5.74, 6) is -4.67. The number of rotatable bonds is 2. The first-order chi connectivity index (χ1) is 64.9. The van der Waals surface area contributed by atoms with E-state index in [1.54, 1.807) is 25.3 Å². The topological polar surface area (TPSA) is 284 Å². The third kappa shape index (κ3) is 27.0. The zero-order chi connectivity index (χ0) is 95.3. The zero-order valence-electron chi connectivity index (χ0n) is 75.3. The van der Waals surface area contributed by atoms with Crippen LogP contribution in [0.2, 0.25) is 5.15 Å². The number of anilines is 1. The van der Waals surface area contributed by atoms with E-state index < -0.39 is 41.2 Å². The Morgan fingerprint density at radius 2 is 0.719 bits per heavy atom. The van der Waals surface area contributed by atoms with Crippen molar-refractivity contribution >= 4 is 95.2 Å². The van der Waals surface area contributed by atoms with Gasteiger partial charge in [0.1, 0.15) is 5.15 Å². The van der Waals surface area contributed by atoms with E-state index in [1.165, 1.54) is 95.4 Å². The van der Waals surface area contributed by atoms with Crippen molar-refractivity contribution in [3.05, 3.63) is 309 Å². The molecular formula is C103H109ClF9N15O7. The molecule has 0 atom stereocenters. The summed E-state index contributed by atoms with van der Waals surface area (Å²) in [7, 11) is 1.65. The largest absolute Gasteiger partial charge is 0.481 e. The highest BCUT2D eigenvalue weighted by Crippen LogP contribution is 2.32. The molecule has 5 aromatic heterocycles. The van der Waals surface area contributed by atoms with Crippen molar-refractivity contribution in [2.45, 2.75) is 128 Å². The summed E-state index contributed by atoms with van der Waals surface area (Å²) >= 11 is 5.91. The number of nitro groups is 1. The lowest BCUT2D eigenvalue weighted by atomic mass is 10.00. The summed E-state index contributed by atoms with van der Waals surface area (Å²) in [4.78, 5) is 78.1. The zero-order valence-corrected chi connectivity index (χ0v) is 76.1. The lowest BCUT2D eigenvalue weighted by Crippen LogP contribution is -2.42. The first kappa shape index (κ1) is 98.5. The number of alkyl halides is 9. The molecule has 21 rings (SSSR count). The highest BCUT2D eigenvalue weighted by Gasteiger charge is 2.45. The Balaban J connectivity index is 0.000000124. The second kappa shape index (κ2) is 45.7. The van der Waals surface area contributed by atoms with E-state index in [-0.39, 0.29) is 63.4 Å². The van der Waals surface area contributed by atoms with Crippen molar-refractivity contribution in [2.75, 3.05) is 118 Å². The third-order valence-corrected chi connectivity index (χ3v) is 25.5. The minimum Gasteiger partial charge on any atom is -0.481 e. The maximum Gasteiger partial charge on any atom is 0.471 e. The van der Waals surface area contributed by atoms with Gasteiger partial charge in [0.05, 0.1) is 34.1 Å². The number of pyridine rings is 5.